The molecule has 31 heavy (non-hydrogen) atoms. The van der Waals surface area contributed by atoms with E-state index in [4.69, 9.17) is 15.9 Å². The molecular weight excluding hydrogens is 396 g/mol. The Morgan fingerprint density at radius 3 is 2.71 bits per heavy atom. The highest BCUT2D eigenvalue weighted by atomic mass is 16.5. The maximum absolute atomic E-state index is 12.9. The molecule has 154 valence electrons. The largest absolute Gasteiger partial charge is 0.495 e. The summed E-state index contributed by atoms with van der Waals surface area (Å²) in [6.07, 6.45) is 0. The number of ether oxygens (including phenoxy) is 1. The molecule has 10 nitrogen and oxygen atoms in total. The molecule has 0 aliphatic rings. The van der Waals surface area contributed by atoms with Crippen LogP contribution in [0.15, 0.2) is 47.3 Å². The number of aryl methyl sites for hydroxylation is 1. The fourth-order valence-electron chi connectivity index (χ4n) is 3.62. The molecule has 0 radical (unpaired) electrons. The number of methoxy groups -OCH3 is 1. The Kier molecular flexibility index (Phi) is 4.07. The van der Waals surface area contributed by atoms with E-state index in [1.165, 1.54) is 11.7 Å². The van der Waals surface area contributed by atoms with Crippen molar-refractivity contribution >= 4 is 28.0 Å². The van der Waals surface area contributed by atoms with Crippen molar-refractivity contribution in [2.24, 2.45) is 5.73 Å². The van der Waals surface area contributed by atoms with Gasteiger partial charge in [-0.3, -0.25) is 5.41 Å². The second-order valence-electron chi connectivity index (χ2n) is 7.00. The number of nitrogens with one attached hydrogen (secondary N) is 3. The van der Waals surface area contributed by atoms with Crippen molar-refractivity contribution in [2.45, 2.75) is 6.92 Å². The maximum atomic E-state index is 12.9. The fraction of sp³-hybridized carbons (Fsp3) is 0.0952. The minimum absolute atomic E-state index is 0.145. The van der Waals surface area contributed by atoms with E-state index in [1.54, 1.807) is 18.2 Å². The van der Waals surface area contributed by atoms with Crippen molar-refractivity contribution in [3.63, 3.8) is 0 Å². The van der Waals surface area contributed by atoms with Crippen molar-refractivity contribution < 1.29 is 4.74 Å². The van der Waals surface area contributed by atoms with E-state index in [0.29, 0.717) is 28.5 Å². The summed E-state index contributed by atoms with van der Waals surface area (Å²) in [5, 5.41) is 7.99. The van der Waals surface area contributed by atoms with Crippen LogP contribution in [0.25, 0.3) is 39.3 Å². The van der Waals surface area contributed by atoms with Crippen LogP contribution in [0.1, 0.15) is 11.5 Å². The van der Waals surface area contributed by atoms with Crippen LogP contribution in [0.5, 0.6) is 5.75 Å². The smallest absolute Gasteiger partial charge is 0.332 e. The molecule has 5 N–H and O–H groups in total. The molecule has 2 aromatic carbocycles. The zero-order valence-electron chi connectivity index (χ0n) is 16.7. The van der Waals surface area contributed by atoms with Gasteiger partial charge in [0.15, 0.2) is 11.5 Å². The Morgan fingerprint density at radius 2 is 1.94 bits per heavy atom. The molecule has 0 aliphatic heterocycles. The predicted octanol–water partition coefficient (Wildman–Crippen LogP) is 2.25. The summed E-state index contributed by atoms with van der Waals surface area (Å²) in [5.74, 6) is 1.35. The number of nitrogens with two attached hydrogens (primary N) is 1. The van der Waals surface area contributed by atoms with E-state index in [1.807, 2.05) is 31.2 Å². The number of amidine groups is 1. The summed E-state index contributed by atoms with van der Waals surface area (Å²) in [5.41, 5.74) is 8.95. The zero-order chi connectivity index (χ0) is 21.7. The first-order valence-corrected chi connectivity index (χ1v) is 9.43. The lowest BCUT2D eigenvalue weighted by molar-refractivity contribution is 0.413. The highest BCUT2D eigenvalue weighted by Crippen LogP contribution is 2.27. The number of para-hydroxylation sites is 2. The van der Waals surface area contributed by atoms with E-state index in [9.17, 15) is 4.79 Å². The van der Waals surface area contributed by atoms with Crippen LogP contribution in [-0.2, 0) is 0 Å². The van der Waals surface area contributed by atoms with Gasteiger partial charge in [-0.05, 0) is 37.3 Å². The molecule has 0 saturated heterocycles. The lowest BCUT2D eigenvalue weighted by atomic mass is 10.2. The highest BCUT2D eigenvalue weighted by Gasteiger charge is 2.20. The van der Waals surface area contributed by atoms with Crippen molar-refractivity contribution in [3.8, 4) is 22.8 Å². The van der Waals surface area contributed by atoms with Gasteiger partial charge in [-0.15, -0.1) is 0 Å². The Balaban J connectivity index is 1.82. The van der Waals surface area contributed by atoms with Crippen LogP contribution < -0.4 is 16.2 Å². The van der Waals surface area contributed by atoms with Gasteiger partial charge in [-0.1, -0.05) is 12.1 Å². The summed E-state index contributed by atoms with van der Waals surface area (Å²) < 4.78 is 6.81. The second kappa shape index (κ2) is 6.80. The predicted molar refractivity (Wildman–Crippen MR) is 117 cm³/mol. The molecule has 10 heteroatoms. The fourth-order valence-corrected chi connectivity index (χ4v) is 3.62. The number of H-pyrrole nitrogens is 2. The molecule has 5 aromatic rings. The Labute approximate surface area is 175 Å². The van der Waals surface area contributed by atoms with Crippen LogP contribution in [0, 0.1) is 12.3 Å². The monoisotopic (exact) mass is 414 g/mol. The van der Waals surface area contributed by atoms with Crippen molar-refractivity contribution in [1.82, 2.24) is 29.5 Å². The van der Waals surface area contributed by atoms with Gasteiger partial charge in [0.25, 0.3) is 0 Å². The quantitative estimate of drug-likeness (QED) is 0.261. The summed E-state index contributed by atoms with van der Waals surface area (Å²) in [6, 6.07) is 12.7. The zero-order valence-corrected chi connectivity index (χ0v) is 16.7. The third-order valence-corrected chi connectivity index (χ3v) is 4.98. The number of benzene rings is 2. The van der Waals surface area contributed by atoms with Gasteiger partial charge in [0.2, 0.25) is 0 Å². The summed E-state index contributed by atoms with van der Waals surface area (Å²) in [7, 11) is 1.53. The molecular formula is C21H18N8O2. The summed E-state index contributed by atoms with van der Waals surface area (Å²) in [6.45, 7) is 1.88. The van der Waals surface area contributed by atoms with E-state index < -0.39 is 5.69 Å². The number of aromatic amines is 2. The van der Waals surface area contributed by atoms with Crippen LogP contribution >= 0.6 is 0 Å². The van der Waals surface area contributed by atoms with Gasteiger partial charge in [0.05, 0.1) is 23.8 Å². The average Bonchev–Trinajstić information content (AvgIpc) is 3.29. The molecule has 0 unspecified atom stereocenters. The molecule has 0 saturated carbocycles. The number of hydrogen-bond donors (Lipinski definition) is 4. The van der Waals surface area contributed by atoms with E-state index in [0.717, 1.165) is 16.9 Å². The van der Waals surface area contributed by atoms with Gasteiger partial charge in [0, 0.05) is 5.56 Å². The SMILES string of the molecule is COc1ccccc1-n1c(=O)[nH]c2c(C(=N)N)nc(-c3ccc4nc(C)[nH]c4c3)nc21. The normalized spacial score (nSPS) is 11.3. The minimum Gasteiger partial charge on any atom is -0.495 e. The maximum Gasteiger partial charge on any atom is 0.332 e. The lowest BCUT2D eigenvalue weighted by Gasteiger charge is -2.10. The Morgan fingerprint density at radius 1 is 1.13 bits per heavy atom. The standard InChI is InChI=1S/C21H18N8O2/c1-10-24-12-8-7-11(9-13(12)25-10)19-26-16(18(22)23)17-20(28-19)29(21(30)27-17)14-5-3-4-6-15(14)31-2/h3-9H,1-2H3,(H3,22,23)(H,24,25)(H,27,30). The summed E-state index contributed by atoms with van der Waals surface area (Å²) >= 11 is 0. The molecule has 0 bridgehead atoms. The highest BCUT2D eigenvalue weighted by molar-refractivity contribution is 6.03. The van der Waals surface area contributed by atoms with Crippen LogP contribution in [0.4, 0.5) is 0 Å². The molecule has 3 heterocycles. The number of rotatable bonds is 4. The molecule has 0 amide bonds. The number of nitrogen functional groups attached to an aromatic ring is 1. The second-order valence-corrected chi connectivity index (χ2v) is 7.00. The third-order valence-electron chi connectivity index (χ3n) is 4.98. The number of aromatic nitrogens is 6. The van der Waals surface area contributed by atoms with Gasteiger partial charge in [0.1, 0.15) is 28.6 Å². The van der Waals surface area contributed by atoms with Gasteiger partial charge >= 0.3 is 5.69 Å². The molecule has 0 spiro atoms. The topological polar surface area (TPSA) is 151 Å². The molecule has 0 fully saturated rings. The van der Waals surface area contributed by atoms with Gasteiger partial charge < -0.3 is 20.4 Å². The first-order valence-electron chi connectivity index (χ1n) is 9.43. The Hall–Kier alpha value is -4.47. The van der Waals surface area contributed by atoms with Crippen LogP contribution in [0.3, 0.4) is 0 Å². The number of imidazole rings is 2. The van der Waals surface area contributed by atoms with E-state index >= 15 is 0 Å². The average molecular weight is 414 g/mol. The van der Waals surface area contributed by atoms with Crippen molar-refractivity contribution in [3.05, 3.63) is 64.5 Å². The van der Waals surface area contributed by atoms with Gasteiger partial charge in [-0.25, -0.2) is 24.3 Å². The lowest BCUT2D eigenvalue weighted by Crippen LogP contribution is -2.16. The molecule has 0 aliphatic carbocycles. The minimum atomic E-state index is -0.437. The number of fused-ring (bicyclic) bond motifs is 2. The van der Waals surface area contributed by atoms with Gasteiger partial charge in [-0.2, -0.15) is 0 Å². The molecule has 5 rings (SSSR count). The molecule has 0 atom stereocenters. The first kappa shape index (κ1) is 18.6. The number of nitrogens with zero attached hydrogens (tertiary/aromatic N) is 4. The first-order chi connectivity index (χ1) is 15.0. The van der Waals surface area contributed by atoms with Crippen molar-refractivity contribution in [1.29, 1.82) is 5.41 Å². The van der Waals surface area contributed by atoms with Crippen LogP contribution in [0.2, 0.25) is 0 Å². The van der Waals surface area contributed by atoms with E-state index in [-0.39, 0.29) is 17.0 Å². The third kappa shape index (κ3) is 2.92. The van der Waals surface area contributed by atoms with E-state index in [2.05, 4.69) is 24.9 Å². The van der Waals surface area contributed by atoms with Crippen molar-refractivity contribution in [2.75, 3.05) is 7.11 Å². The Bertz CT molecular complexity index is 1540. The van der Waals surface area contributed by atoms with Crippen LogP contribution in [-0.4, -0.2) is 42.4 Å². The summed E-state index contributed by atoms with van der Waals surface area (Å²) in [4.78, 5) is 32.3. The molecule has 3 aromatic heterocycles. The number of hydrogen-bond acceptors (Lipinski definition) is 6.